The molecule has 28 heavy (non-hydrogen) atoms. The van der Waals surface area contributed by atoms with Crippen molar-refractivity contribution in [3.63, 3.8) is 0 Å². The van der Waals surface area contributed by atoms with Crippen LogP contribution in [0.4, 0.5) is 4.39 Å². The number of likely N-dealkylation sites (tertiary alicyclic amines) is 1. The molecule has 1 aliphatic heterocycles. The maximum atomic E-state index is 13.8. The normalized spacial score (nSPS) is 15.8. The Labute approximate surface area is 163 Å². The lowest BCUT2D eigenvalue weighted by Crippen LogP contribution is -2.38. The third kappa shape index (κ3) is 4.39. The number of amides is 1. The molecular formula is C22H25FN4O. The average molecular weight is 380 g/mol. The number of piperidine rings is 1. The first kappa shape index (κ1) is 18.6. The number of rotatable bonds is 6. The molecule has 3 aromatic rings. The molecule has 2 aromatic carbocycles. The first-order valence-electron chi connectivity index (χ1n) is 9.83. The van der Waals surface area contributed by atoms with E-state index >= 15 is 0 Å². The molecular weight excluding hydrogens is 355 g/mol. The van der Waals surface area contributed by atoms with Gasteiger partial charge in [0.05, 0.1) is 17.6 Å². The van der Waals surface area contributed by atoms with E-state index in [1.54, 1.807) is 6.07 Å². The van der Waals surface area contributed by atoms with Crippen LogP contribution < -0.4 is 5.32 Å². The number of aromatic nitrogens is 2. The van der Waals surface area contributed by atoms with Crippen LogP contribution >= 0.6 is 0 Å². The second-order valence-electron chi connectivity index (χ2n) is 7.51. The molecule has 4 rings (SSSR count). The SMILES string of the molecule is O=C(Cc1[nH]nc2ccccc12)NCC1CCN(Cc2ccccc2F)CC1. The molecule has 0 unspecified atom stereocenters. The zero-order valence-corrected chi connectivity index (χ0v) is 15.8. The minimum absolute atomic E-state index is 0.0168. The van der Waals surface area contributed by atoms with Gasteiger partial charge >= 0.3 is 0 Å². The number of benzene rings is 2. The molecule has 6 heteroatoms. The lowest BCUT2D eigenvalue weighted by Gasteiger charge is -2.32. The quantitative estimate of drug-likeness (QED) is 0.690. The van der Waals surface area contributed by atoms with Gasteiger partial charge in [0.15, 0.2) is 0 Å². The molecule has 0 atom stereocenters. The van der Waals surface area contributed by atoms with Crippen molar-refractivity contribution in [1.82, 2.24) is 20.4 Å². The fourth-order valence-electron chi connectivity index (χ4n) is 3.85. The first-order valence-corrected chi connectivity index (χ1v) is 9.83. The second-order valence-corrected chi connectivity index (χ2v) is 7.51. The number of halogens is 1. The van der Waals surface area contributed by atoms with Crippen LogP contribution in [-0.2, 0) is 17.8 Å². The van der Waals surface area contributed by atoms with Gasteiger partial charge in [0.1, 0.15) is 5.82 Å². The Morgan fingerprint density at radius 1 is 1.14 bits per heavy atom. The van der Waals surface area contributed by atoms with E-state index in [9.17, 15) is 9.18 Å². The smallest absolute Gasteiger partial charge is 0.226 e. The second kappa shape index (κ2) is 8.52. The highest BCUT2D eigenvalue weighted by atomic mass is 19.1. The number of aromatic amines is 1. The Morgan fingerprint density at radius 2 is 1.89 bits per heavy atom. The minimum Gasteiger partial charge on any atom is -0.355 e. The van der Waals surface area contributed by atoms with Crippen LogP contribution in [0.5, 0.6) is 0 Å². The van der Waals surface area contributed by atoms with E-state index < -0.39 is 0 Å². The van der Waals surface area contributed by atoms with Crippen LogP contribution in [0.25, 0.3) is 10.9 Å². The predicted octanol–water partition coefficient (Wildman–Crippen LogP) is 3.27. The van der Waals surface area contributed by atoms with Crippen LogP contribution in [0.15, 0.2) is 48.5 Å². The van der Waals surface area contributed by atoms with Gasteiger partial charge in [-0.1, -0.05) is 36.4 Å². The van der Waals surface area contributed by atoms with Crippen LogP contribution in [0.1, 0.15) is 24.1 Å². The van der Waals surface area contributed by atoms with Crippen LogP contribution in [0.2, 0.25) is 0 Å². The van der Waals surface area contributed by atoms with Crippen LogP contribution in [0.3, 0.4) is 0 Å². The average Bonchev–Trinajstić information content (AvgIpc) is 3.12. The van der Waals surface area contributed by atoms with E-state index in [4.69, 9.17) is 0 Å². The molecule has 2 N–H and O–H groups in total. The number of fused-ring (bicyclic) bond motifs is 1. The number of H-pyrrole nitrogens is 1. The predicted molar refractivity (Wildman–Crippen MR) is 107 cm³/mol. The van der Waals surface area contributed by atoms with Crippen LogP contribution in [-0.4, -0.2) is 40.6 Å². The zero-order chi connectivity index (χ0) is 19.3. The summed E-state index contributed by atoms with van der Waals surface area (Å²) in [6.45, 7) is 3.21. The van der Waals surface area contributed by atoms with E-state index in [0.29, 0.717) is 25.4 Å². The topological polar surface area (TPSA) is 61.0 Å². The summed E-state index contributed by atoms with van der Waals surface area (Å²) in [5.74, 6) is 0.353. The summed E-state index contributed by atoms with van der Waals surface area (Å²) in [5, 5.41) is 11.3. The maximum Gasteiger partial charge on any atom is 0.226 e. The molecule has 5 nitrogen and oxygen atoms in total. The summed E-state index contributed by atoms with van der Waals surface area (Å²) < 4.78 is 13.8. The Hall–Kier alpha value is -2.73. The van der Waals surface area contributed by atoms with Gasteiger partial charge < -0.3 is 5.32 Å². The molecule has 0 radical (unpaired) electrons. The molecule has 146 valence electrons. The fraction of sp³-hybridized carbons (Fsp3) is 0.364. The largest absolute Gasteiger partial charge is 0.355 e. The maximum absolute atomic E-state index is 13.8. The number of nitrogens with one attached hydrogen (secondary N) is 2. The number of carbonyl (C=O) groups excluding carboxylic acids is 1. The van der Waals surface area contributed by atoms with E-state index in [1.807, 2.05) is 36.4 Å². The van der Waals surface area contributed by atoms with Crippen molar-refractivity contribution in [2.45, 2.75) is 25.8 Å². The molecule has 0 bridgehead atoms. The standard InChI is InChI=1S/C22H25FN4O/c23-19-7-3-1-5-17(19)15-27-11-9-16(10-12-27)14-24-22(28)13-21-18-6-2-4-8-20(18)25-26-21/h1-8,16H,9-15H2,(H,24,28)(H,25,26). The molecule has 0 aliphatic carbocycles. The van der Waals surface area contributed by atoms with E-state index in [0.717, 1.165) is 48.1 Å². The highest BCUT2D eigenvalue weighted by molar-refractivity contribution is 5.87. The van der Waals surface area contributed by atoms with Gasteiger partial charge in [0.2, 0.25) is 5.91 Å². The number of nitrogens with zero attached hydrogens (tertiary/aromatic N) is 2. The van der Waals surface area contributed by atoms with Gasteiger partial charge in [-0.2, -0.15) is 5.10 Å². The third-order valence-corrected chi connectivity index (χ3v) is 5.52. The van der Waals surface area contributed by atoms with Crippen molar-refractivity contribution in [3.05, 3.63) is 65.6 Å². The molecule has 1 saturated heterocycles. The third-order valence-electron chi connectivity index (χ3n) is 5.52. The Kier molecular flexibility index (Phi) is 5.67. The van der Waals surface area contributed by atoms with E-state index in [-0.39, 0.29) is 11.7 Å². The van der Waals surface area contributed by atoms with E-state index in [1.165, 1.54) is 6.07 Å². The van der Waals surface area contributed by atoms with Gasteiger partial charge in [-0.25, -0.2) is 4.39 Å². The van der Waals surface area contributed by atoms with Crippen molar-refractivity contribution in [3.8, 4) is 0 Å². The first-order chi connectivity index (χ1) is 13.7. The van der Waals surface area contributed by atoms with Gasteiger partial charge in [-0.15, -0.1) is 0 Å². The molecule has 1 amide bonds. The summed E-state index contributed by atoms with van der Waals surface area (Å²) in [4.78, 5) is 14.6. The zero-order valence-electron chi connectivity index (χ0n) is 15.8. The molecule has 1 fully saturated rings. The van der Waals surface area contributed by atoms with E-state index in [2.05, 4.69) is 20.4 Å². The van der Waals surface area contributed by atoms with Crippen molar-refractivity contribution in [2.75, 3.05) is 19.6 Å². The Balaban J connectivity index is 1.22. The number of para-hydroxylation sites is 1. The van der Waals surface area contributed by atoms with Crippen molar-refractivity contribution in [1.29, 1.82) is 0 Å². The molecule has 1 aliphatic rings. The molecule has 0 saturated carbocycles. The number of hydrogen-bond donors (Lipinski definition) is 2. The van der Waals surface area contributed by atoms with Gasteiger partial charge in [0, 0.05) is 24.0 Å². The molecule has 2 heterocycles. The van der Waals surface area contributed by atoms with Crippen molar-refractivity contribution >= 4 is 16.8 Å². The Morgan fingerprint density at radius 3 is 2.71 bits per heavy atom. The minimum atomic E-state index is -0.136. The summed E-state index contributed by atoms with van der Waals surface area (Å²) in [5.41, 5.74) is 2.49. The number of hydrogen-bond acceptors (Lipinski definition) is 3. The van der Waals surface area contributed by atoms with Gasteiger partial charge in [-0.3, -0.25) is 14.8 Å². The molecule has 1 aromatic heterocycles. The van der Waals surface area contributed by atoms with Crippen LogP contribution in [0, 0.1) is 11.7 Å². The fourth-order valence-corrected chi connectivity index (χ4v) is 3.85. The monoisotopic (exact) mass is 380 g/mol. The number of carbonyl (C=O) groups is 1. The summed E-state index contributed by atoms with van der Waals surface area (Å²) in [6.07, 6.45) is 2.34. The molecule has 0 spiro atoms. The highest BCUT2D eigenvalue weighted by Crippen LogP contribution is 2.20. The van der Waals surface area contributed by atoms with Crippen molar-refractivity contribution < 1.29 is 9.18 Å². The van der Waals surface area contributed by atoms with Gasteiger partial charge in [-0.05, 0) is 44.0 Å². The van der Waals surface area contributed by atoms with Crippen molar-refractivity contribution in [2.24, 2.45) is 5.92 Å². The summed E-state index contributed by atoms with van der Waals surface area (Å²) in [7, 11) is 0. The Bertz CT molecular complexity index is 946. The lowest BCUT2D eigenvalue weighted by atomic mass is 9.96. The summed E-state index contributed by atoms with van der Waals surface area (Å²) in [6, 6.07) is 14.8. The van der Waals surface area contributed by atoms with Gasteiger partial charge in [0.25, 0.3) is 0 Å². The summed E-state index contributed by atoms with van der Waals surface area (Å²) >= 11 is 0. The lowest BCUT2D eigenvalue weighted by molar-refractivity contribution is -0.120. The highest BCUT2D eigenvalue weighted by Gasteiger charge is 2.20.